The summed E-state index contributed by atoms with van der Waals surface area (Å²) in [6, 6.07) is 19.4. The molecule has 6 nitrogen and oxygen atoms in total. The number of ether oxygens (including phenoxy) is 4. The molecule has 1 fully saturated rings. The maximum absolute atomic E-state index is 11.2. The van der Waals surface area contributed by atoms with Crippen molar-refractivity contribution in [2.24, 2.45) is 0 Å². The molecule has 0 aliphatic carbocycles. The third-order valence-electron chi connectivity index (χ3n) is 4.61. The maximum atomic E-state index is 11.2. The first-order valence-corrected chi connectivity index (χ1v) is 10.4. The van der Waals surface area contributed by atoms with E-state index in [0.29, 0.717) is 13.2 Å². The molecule has 1 N–H and O–H groups in total. The van der Waals surface area contributed by atoms with E-state index < -0.39 is 30.6 Å². The fourth-order valence-corrected chi connectivity index (χ4v) is 3.85. The lowest BCUT2D eigenvalue weighted by Gasteiger charge is -2.42. The predicted molar refractivity (Wildman–Crippen MR) is 110 cm³/mol. The highest BCUT2D eigenvalue weighted by Gasteiger charge is 2.46. The number of hydrogen-bond acceptors (Lipinski definition) is 6. The molecule has 1 aliphatic rings. The molecule has 0 spiro atoms. The van der Waals surface area contributed by atoms with Gasteiger partial charge in [0.2, 0.25) is 0 Å². The van der Waals surface area contributed by atoms with Gasteiger partial charge in [0.05, 0.1) is 18.0 Å². The molecular weight excluding hydrogens is 440 g/mol. The second kappa shape index (κ2) is 10.8. The van der Waals surface area contributed by atoms with Crippen LogP contribution in [0.1, 0.15) is 18.1 Å². The van der Waals surface area contributed by atoms with Gasteiger partial charge in [0.15, 0.2) is 6.29 Å². The largest absolute Gasteiger partial charge is 0.463 e. The van der Waals surface area contributed by atoms with E-state index in [0.717, 1.165) is 11.1 Å². The molecule has 0 aromatic heterocycles. The summed E-state index contributed by atoms with van der Waals surface area (Å²) in [6.07, 6.45) is -3.00. The van der Waals surface area contributed by atoms with Gasteiger partial charge in [-0.1, -0.05) is 76.6 Å². The van der Waals surface area contributed by atoms with E-state index in [1.54, 1.807) is 0 Å². The number of benzene rings is 2. The van der Waals surface area contributed by atoms with Crippen LogP contribution >= 0.6 is 15.9 Å². The number of aliphatic hydroxyl groups is 1. The zero-order valence-corrected chi connectivity index (χ0v) is 17.7. The Morgan fingerprint density at radius 3 is 2.00 bits per heavy atom. The van der Waals surface area contributed by atoms with E-state index in [9.17, 15) is 9.90 Å². The van der Waals surface area contributed by atoms with Crippen LogP contribution in [-0.2, 0) is 37.0 Å². The van der Waals surface area contributed by atoms with Gasteiger partial charge in [0.25, 0.3) is 0 Å². The van der Waals surface area contributed by atoms with Gasteiger partial charge in [-0.2, -0.15) is 0 Å². The molecule has 1 saturated heterocycles. The van der Waals surface area contributed by atoms with Gasteiger partial charge >= 0.3 is 5.97 Å². The first-order valence-electron chi connectivity index (χ1n) is 9.46. The normalized spacial score (nSPS) is 26.8. The van der Waals surface area contributed by atoms with E-state index >= 15 is 0 Å². The van der Waals surface area contributed by atoms with Gasteiger partial charge in [0, 0.05) is 6.92 Å². The molecular formula is C22H25BrO6. The highest BCUT2D eigenvalue weighted by atomic mass is 79.9. The molecule has 0 bridgehead atoms. The lowest BCUT2D eigenvalue weighted by atomic mass is 10.0. The SMILES string of the molecule is CC(=O)OC[C@H]1O[C@H](O)[C@H](OCc2ccccc2)[C@@H](OCc2ccccc2)[C@H]1Br. The van der Waals surface area contributed by atoms with E-state index in [2.05, 4.69) is 15.9 Å². The number of carbonyl (C=O) groups excluding carboxylic acids is 1. The third-order valence-corrected chi connectivity index (χ3v) is 5.72. The summed E-state index contributed by atoms with van der Waals surface area (Å²) in [4.78, 5) is 10.8. The number of hydrogen-bond donors (Lipinski definition) is 1. The minimum Gasteiger partial charge on any atom is -0.463 e. The van der Waals surface area contributed by atoms with Crippen molar-refractivity contribution >= 4 is 21.9 Å². The van der Waals surface area contributed by atoms with Gasteiger partial charge in [-0.3, -0.25) is 4.79 Å². The van der Waals surface area contributed by atoms with Crippen molar-refractivity contribution < 1.29 is 28.8 Å². The monoisotopic (exact) mass is 464 g/mol. The van der Waals surface area contributed by atoms with Crippen LogP contribution in [0.2, 0.25) is 0 Å². The van der Waals surface area contributed by atoms with Crippen LogP contribution in [0.3, 0.4) is 0 Å². The summed E-state index contributed by atoms with van der Waals surface area (Å²) in [5.74, 6) is -0.410. The highest BCUT2D eigenvalue weighted by molar-refractivity contribution is 9.09. The lowest BCUT2D eigenvalue weighted by Crippen LogP contribution is -2.58. The highest BCUT2D eigenvalue weighted by Crippen LogP contribution is 2.31. The van der Waals surface area contributed by atoms with Crippen molar-refractivity contribution in [3.8, 4) is 0 Å². The van der Waals surface area contributed by atoms with Crippen LogP contribution in [0.4, 0.5) is 0 Å². The Balaban J connectivity index is 1.71. The Kier molecular flexibility index (Phi) is 8.20. The molecule has 0 unspecified atom stereocenters. The smallest absolute Gasteiger partial charge is 0.302 e. The van der Waals surface area contributed by atoms with E-state index in [-0.39, 0.29) is 11.4 Å². The summed E-state index contributed by atoms with van der Waals surface area (Å²) < 4.78 is 22.9. The van der Waals surface area contributed by atoms with Crippen molar-refractivity contribution in [1.29, 1.82) is 0 Å². The van der Waals surface area contributed by atoms with Crippen LogP contribution in [0.15, 0.2) is 60.7 Å². The number of esters is 1. The Bertz CT molecular complexity index is 756. The van der Waals surface area contributed by atoms with Crippen molar-refractivity contribution in [2.45, 2.75) is 49.6 Å². The average Bonchev–Trinajstić information content (AvgIpc) is 2.73. The number of aliphatic hydroxyl groups excluding tert-OH is 1. The molecule has 3 rings (SSSR count). The standard InChI is InChI=1S/C22H25BrO6/c1-15(24)26-14-18-19(23)20(27-12-16-8-4-2-5-9-16)21(22(25)29-18)28-13-17-10-6-3-7-11-17/h2-11,18-22,25H,12-14H2,1H3/t18-,19+,20+,21-,22+/m1/s1. The van der Waals surface area contributed by atoms with Crippen molar-refractivity contribution in [2.75, 3.05) is 6.61 Å². The fourth-order valence-electron chi connectivity index (χ4n) is 3.11. The van der Waals surface area contributed by atoms with Gasteiger partial charge in [-0.15, -0.1) is 0 Å². The second-order valence-corrected chi connectivity index (χ2v) is 7.89. The molecule has 7 heteroatoms. The van der Waals surface area contributed by atoms with Gasteiger partial charge < -0.3 is 24.1 Å². The molecule has 0 amide bonds. The summed E-state index contributed by atoms with van der Waals surface area (Å²) >= 11 is 3.61. The number of rotatable bonds is 8. The van der Waals surface area contributed by atoms with Crippen LogP contribution in [0.5, 0.6) is 0 Å². The van der Waals surface area contributed by atoms with E-state index in [1.165, 1.54) is 6.92 Å². The van der Waals surface area contributed by atoms with E-state index in [4.69, 9.17) is 18.9 Å². The summed E-state index contributed by atoms with van der Waals surface area (Å²) in [5, 5.41) is 10.6. The van der Waals surface area contributed by atoms with E-state index in [1.807, 2.05) is 60.7 Å². The molecule has 1 heterocycles. The number of carbonyl (C=O) groups is 1. The number of halogens is 1. The summed E-state index contributed by atoms with van der Waals surface area (Å²) in [5.41, 5.74) is 1.99. The Labute approximate surface area is 178 Å². The Morgan fingerprint density at radius 1 is 0.966 bits per heavy atom. The molecule has 29 heavy (non-hydrogen) atoms. The number of alkyl halides is 1. The zero-order chi connectivity index (χ0) is 20.6. The van der Waals surface area contributed by atoms with Crippen LogP contribution in [0, 0.1) is 0 Å². The van der Waals surface area contributed by atoms with Gasteiger partial charge in [-0.05, 0) is 11.1 Å². The molecule has 0 radical (unpaired) electrons. The molecule has 5 atom stereocenters. The molecule has 156 valence electrons. The molecule has 0 saturated carbocycles. The molecule has 2 aromatic carbocycles. The van der Waals surface area contributed by atoms with Crippen LogP contribution < -0.4 is 0 Å². The fraction of sp³-hybridized carbons (Fsp3) is 0.409. The van der Waals surface area contributed by atoms with Gasteiger partial charge in [-0.25, -0.2) is 0 Å². The first-order chi connectivity index (χ1) is 14.0. The Hall–Kier alpha value is -1.77. The quantitative estimate of drug-likeness (QED) is 0.477. The topological polar surface area (TPSA) is 74.2 Å². The molecule has 1 aliphatic heterocycles. The average molecular weight is 465 g/mol. The lowest BCUT2D eigenvalue weighted by molar-refractivity contribution is -0.272. The maximum Gasteiger partial charge on any atom is 0.302 e. The van der Waals surface area contributed by atoms with Gasteiger partial charge in [0.1, 0.15) is 24.9 Å². The minimum absolute atomic E-state index is 0.0128. The van der Waals surface area contributed by atoms with Crippen LogP contribution in [-0.4, -0.2) is 47.1 Å². The first kappa shape index (κ1) is 21.9. The van der Waals surface area contributed by atoms with Crippen molar-refractivity contribution in [3.63, 3.8) is 0 Å². The summed E-state index contributed by atoms with van der Waals surface area (Å²) in [6.45, 7) is 2.01. The Morgan fingerprint density at radius 2 is 1.48 bits per heavy atom. The van der Waals surface area contributed by atoms with Crippen LogP contribution in [0.25, 0.3) is 0 Å². The minimum atomic E-state index is -1.21. The zero-order valence-electron chi connectivity index (χ0n) is 16.1. The summed E-state index contributed by atoms with van der Waals surface area (Å²) in [7, 11) is 0. The van der Waals surface area contributed by atoms with Crippen molar-refractivity contribution in [3.05, 3.63) is 71.8 Å². The second-order valence-electron chi connectivity index (χ2n) is 6.83. The molecule has 2 aromatic rings. The van der Waals surface area contributed by atoms with Crippen molar-refractivity contribution in [1.82, 2.24) is 0 Å². The predicted octanol–water partition coefficient (Wildman–Crippen LogP) is 3.20. The third kappa shape index (κ3) is 6.35.